The van der Waals surface area contributed by atoms with Crippen molar-refractivity contribution in [2.75, 3.05) is 31.6 Å². The van der Waals surface area contributed by atoms with Gasteiger partial charge in [-0.3, -0.25) is 14.5 Å². The summed E-state index contributed by atoms with van der Waals surface area (Å²) in [6.45, 7) is 2.74. The smallest absolute Gasteiger partial charge is 0.323 e. The van der Waals surface area contributed by atoms with Gasteiger partial charge in [-0.2, -0.15) is 0 Å². The second-order valence-electron chi connectivity index (χ2n) is 4.45. The van der Waals surface area contributed by atoms with E-state index in [-0.39, 0.29) is 19.0 Å². The zero-order valence-corrected chi connectivity index (χ0v) is 11.4. The normalized spacial score (nSPS) is 10.5. The molecule has 1 amide bonds. The molecule has 19 heavy (non-hydrogen) atoms. The third-order valence-corrected chi connectivity index (χ3v) is 2.67. The Balaban J connectivity index is 2.80. The van der Waals surface area contributed by atoms with Gasteiger partial charge in [-0.1, -0.05) is 25.1 Å². The Labute approximate surface area is 113 Å². The number of anilines is 1. The molecule has 0 aliphatic rings. The van der Waals surface area contributed by atoms with Crippen LogP contribution in [-0.4, -0.2) is 48.6 Å². The van der Waals surface area contributed by atoms with Gasteiger partial charge in [0.2, 0.25) is 5.91 Å². The van der Waals surface area contributed by atoms with Gasteiger partial charge in [0, 0.05) is 5.69 Å². The first kappa shape index (κ1) is 15.2. The third kappa shape index (κ3) is 5.09. The Bertz CT molecular complexity index is 420. The van der Waals surface area contributed by atoms with E-state index in [1.165, 1.54) is 4.90 Å². The van der Waals surface area contributed by atoms with Crippen LogP contribution in [0.15, 0.2) is 30.3 Å². The van der Waals surface area contributed by atoms with Crippen molar-refractivity contribution in [1.29, 1.82) is 0 Å². The lowest BCUT2D eigenvalue weighted by molar-refractivity contribution is -0.136. The average Bonchev–Trinajstić information content (AvgIpc) is 2.37. The molecule has 0 aliphatic heterocycles. The predicted molar refractivity (Wildman–Crippen MR) is 74.2 cm³/mol. The van der Waals surface area contributed by atoms with Crippen molar-refractivity contribution in [3.05, 3.63) is 30.3 Å². The zero-order valence-electron chi connectivity index (χ0n) is 11.4. The second-order valence-corrected chi connectivity index (χ2v) is 4.45. The first-order valence-corrected chi connectivity index (χ1v) is 6.30. The van der Waals surface area contributed by atoms with Gasteiger partial charge in [0.25, 0.3) is 0 Å². The lowest BCUT2D eigenvalue weighted by atomic mass is 10.2. The van der Waals surface area contributed by atoms with E-state index in [0.717, 1.165) is 13.0 Å². The molecular formula is C14H20N2O3. The van der Waals surface area contributed by atoms with Gasteiger partial charge in [0.05, 0.1) is 6.54 Å². The predicted octanol–water partition coefficient (Wildman–Crippen LogP) is 1.45. The summed E-state index contributed by atoms with van der Waals surface area (Å²) in [7, 11) is 1.85. The van der Waals surface area contributed by atoms with E-state index in [1.807, 2.05) is 24.9 Å². The molecule has 0 atom stereocenters. The van der Waals surface area contributed by atoms with Crippen LogP contribution in [0, 0.1) is 0 Å². The second kappa shape index (κ2) is 7.53. The number of carboxylic acids is 1. The van der Waals surface area contributed by atoms with Crippen LogP contribution in [0.4, 0.5) is 5.69 Å². The first-order valence-electron chi connectivity index (χ1n) is 6.30. The Morgan fingerprint density at radius 2 is 1.79 bits per heavy atom. The highest BCUT2D eigenvalue weighted by atomic mass is 16.4. The van der Waals surface area contributed by atoms with E-state index in [9.17, 15) is 9.59 Å². The molecule has 0 saturated carbocycles. The van der Waals surface area contributed by atoms with E-state index in [4.69, 9.17) is 5.11 Å². The number of carbonyl (C=O) groups is 2. The number of para-hydroxylation sites is 1. The molecule has 1 aromatic carbocycles. The molecular weight excluding hydrogens is 244 g/mol. The fourth-order valence-corrected chi connectivity index (χ4v) is 1.84. The van der Waals surface area contributed by atoms with Crippen molar-refractivity contribution in [2.45, 2.75) is 13.3 Å². The van der Waals surface area contributed by atoms with Gasteiger partial charge < -0.3 is 10.0 Å². The number of likely N-dealkylation sites (N-methyl/N-ethyl adjacent to an activating group) is 1. The van der Waals surface area contributed by atoms with Gasteiger partial charge in [0.1, 0.15) is 6.54 Å². The number of nitrogens with zero attached hydrogens (tertiary/aromatic N) is 2. The summed E-state index contributed by atoms with van der Waals surface area (Å²) in [5.41, 5.74) is 0.611. The van der Waals surface area contributed by atoms with Crippen LogP contribution in [0.25, 0.3) is 0 Å². The topological polar surface area (TPSA) is 60.9 Å². The third-order valence-electron chi connectivity index (χ3n) is 2.67. The van der Waals surface area contributed by atoms with Gasteiger partial charge in [-0.15, -0.1) is 0 Å². The summed E-state index contributed by atoms with van der Waals surface area (Å²) in [6.07, 6.45) is 0.952. The van der Waals surface area contributed by atoms with E-state index < -0.39 is 5.97 Å². The monoisotopic (exact) mass is 264 g/mol. The Kier molecular flexibility index (Phi) is 6.02. The van der Waals surface area contributed by atoms with Crippen molar-refractivity contribution < 1.29 is 14.7 Å². The Morgan fingerprint density at radius 3 is 2.32 bits per heavy atom. The fourth-order valence-electron chi connectivity index (χ4n) is 1.84. The summed E-state index contributed by atoms with van der Waals surface area (Å²) in [4.78, 5) is 26.3. The van der Waals surface area contributed by atoms with E-state index in [1.54, 1.807) is 24.3 Å². The molecule has 1 rings (SSSR count). The molecule has 5 heteroatoms. The van der Waals surface area contributed by atoms with Crippen LogP contribution >= 0.6 is 0 Å². The molecule has 0 radical (unpaired) electrons. The molecule has 0 saturated heterocycles. The fraction of sp³-hybridized carbons (Fsp3) is 0.429. The van der Waals surface area contributed by atoms with Gasteiger partial charge in [-0.25, -0.2) is 0 Å². The molecule has 1 N–H and O–H groups in total. The minimum atomic E-state index is -1.02. The number of hydrogen-bond donors (Lipinski definition) is 1. The molecule has 0 heterocycles. The summed E-state index contributed by atoms with van der Waals surface area (Å²) in [5.74, 6) is -1.22. The number of aliphatic carboxylic acids is 1. The quantitative estimate of drug-likeness (QED) is 0.809. The lowest BCUT2D eigenvalue weighted by Crippen LogP contribution is -2.42. The molecule has 0 fully saturated rings. The number of benzene rings is 1. The van der Waals surface area contributed by atoms with Crippen LogP contribution in [0.1, 0.15) is 13.3 Å². The van der Waals surface area contributed by atoms with Crippen molar-refractivity contribution in [1.82, 2.24) is 4.90 Å². The number of hydrogen-bond acceptors (Lipinski definition) is 3. The molecule has 104 valence electrons. The van der Waals surface area contributed by atoms with Crippen LogP contribution < -0.4 is 4.90 Å². The van der Waals surface area contributed by atoms with Crippen LogP contribution in [0.2, 0.25) is 0 Å². The minimum Gasteiger partial charge on any atom is -0.480 e. The molecule has 0 aromatic heterocycles. The lowest BCUT2D eigenvalue weighted by Gasteiger charge is -2.24. The van der Waals surface area contributed by atoms with E-state index in [2.05, 4.69) is 0 Å². The summed E-state index contributed by atoms with van der Waals surface area (Å²) < 4.78 is 0. The summed E-state index contributed by atoms with van der Waals surface area (Å²) >= 11 is 0. The molecule has 0 aliphatic carbocycles. The Morgan fingerprint density at radius 1 is 1.16 bits per heavy atom. The van der Waals surface area contributed by atoms with E-state index >= 15 is 0 Å². The van der Waals surface area contributed by atoms with Crippen molar-refractivity contribution in [3.8, 4) is 0 Å². The molecule has 5 nitrogen and oxygen atoms in total. The maximum atomic E-state index is 12.2. The van der Waals surface area contributed by atoms with Crippen LogP contribution in [0.5, 0.6) is 0 Å². The largest absolute Gasteiger partial charge is 0.480 e. The van der Waals surface area contributed by atoms with E-state index in [0.29, 0.717) is 5.69 Å². The highest BCUT2D eigenvalue weighted by Gasteiger charge is 2.19. The maximum absolute atomic E-state index is 12.2. The Hall–Kier alpha value is -1.88. The van der Waals surface area contributed by atoms with Crippen LogP contribution in [0.3, 0.4) is 0 Å². The van der Waals surface area contributed by atoms with Gasteiger partial charge in [-0.05, 0) is 32.1 Å². The standard InChI is InChI=1S/C14H20N2O3/c1-3-9-15(2)10-13(17)16(11-14(18)19)12-7-5-4-6-8-12/h4-8H,3,9-11H2,1-2H3,(H,18,19). The maximum Gasteiger partial charge on any atom is 0.323 e. The molecule has 0 unspecified atom stereocenters. The highest BCUT2D eigenvalue weighted by molar-refractivity contribution is 5.98. The van der Waals surface area contributed by atoms with Crippen molar-refractivity contribution in [3.63, 3.8) is 0 Å². The molecule has 1 aromatic rings. The number of carboxylic acid groups (broad SMARTS) is 1. The number of amides is 1. The average molecular weight is 264 g/mol. The molecule has 0 bridgehead atoms. The van der Waals surface area contributed by atoms with Crippen LogP contribution in [-0.2, 0) is 9.59 Å². The summed E-state index contributed by atoms with van der Waals surface area (Å²) in [5, 5.41) is 8.92. The first-order chi connectivity index (χ1) is 9.04. The van der Waals surface area contributed by atoms with Crippen molar-refractivity contribution >= 4 is 17.6 Å². The summed E-state index contributed by atoms with van der Waals surface area (Å²) in [6, 6.07) is 8.87. The number of rotatable bonds is 7. The highest BCUT2D eigenvalue weighted by Crippen LogP contribution is 2.13. The van der Waals surface area contributed by atoms with Crippen molar-refractivity contribution in [2.24, 2.45) is 0 Å². The number of carbonyl (C=O) groups excluding carboxylic acids is 1. The molecule has 0 spiro atoms. The SMILES string of the molecule is CCCN(C)CC(=O)N(CC(=O)O)c1ccccc1. The minimum absolute atomic E-state index is 0.204. The van der Waals surface area contributed by atoms with Gasteiger partial charge in [0.15, 0.2) is 0 Å². The van der Waals surface area contributed by atoms with Gasteiger partial charge >= 0.3 is 5.97 Å². The zero-order chi connectivity index (χ0) is 14.3.